The molecule has 0 spiro atoms. The van der Waals surface area contributed by atoms with Crippen molar-refractivity contribution in [2.24, 2.45) is 5.92 Å². The normalized spacial score (nSPS) is 20.1. The summed E-state index contributed by atoms with van der Waals surface area (Å²) in [6.45, 7) is 2.01. The van der Waals surface area contributed by atoms with Crippen LogP contribution in [0.25, 0.3) is 0 Å². The van der Waals surface area contributed by atoms with Gasteiger partial charge in [0.15, 0.2) is 0 Å². The van der Waals surface area contributed by atoms with Gasteiger partial charge in [-0.05, 0) is 74.0 Å². The van der Waals surface area contributed by atoms with Crippen molar-refractivity contribution in [2.45, 2.75) is 44.7 Å². The molecule has 6 nitrogen and oxygen atoms in total. The van der Waals surface area contributed by atoms with Crippen LogP contribution in [-0.2, 0) is 9.59 Å². The molecular weight excluding hydrogens is 446 g/mol. The summed E-state index contributed by atoms with van der Waals surface area (Å²) in [5.74, 6) is -0.580. The Morgan fingerprint density at radius 1 is 0.971 bits per heavy atom. The first-order valence-corrected chi connectivity index (χ1v) is 12.5. The predicted octanol–water partition coefficient (Wildman–Crippen LogP) is 5.07. The summed E-state index contributed by atoms with van der Waals surface area (Å²) in [5.41, 5.74) is 3.13. The van der Waals surface area contributed by atoms with Crippen LogP contribution >= 0.6 is 11.3 Å². The van der Waals surface area contributed by atoms with Gasteiger partial charge in [0.1, 0.15) is 0 Å². The monoisotopic (exact) mass is 473 g/mol. The Kier molecular flexibility index (Phi) is 6.20. The van der Waals surface area contributed by atoms with Gasteiger partial charge in [-0.2, -0.15) is 0 Å². The zero-order valence-corrected chi connectivity index (χ0v) is 19.8. The molecule has 2 heterocycles. The number of hydrogen-bond donors (Lipinski definition) is 2. The second-order valence-corrected chi connectivity index (χ2v) is 10.00. The summed E-state index contributed by atoms with van der Waals surface area (Å²) < 4.78 is 0. The highest BCUT2D eigenvalue weighted by Crippen LogP contribution is 2.42. The number of nitrogens with one attached hydrogen (secondary N) is 2. The second kappa shape index (κ2) is 9.43. The van der Waals surface area contributed by atoms with Gasteiger partial charge in [-0.25, -0.2) is 0 Å². The van der Waals surface area contributed by atoms with E-state index in [-0.39, 0.29) is 23.8 Å². The topological polar surface area (TPSA) is 78.5 Å². The van der Waals surface area contributed by atoms with E-state index in [2.05, 4.69) is 10.6 Å². The third-order valence-electron chi connectivity index (χ3n) is 6.41. The van der Waals surface area contributed by atoms with Gasteiger partial charge in [-0.3, -0.25) is 14.4 Å². The van der Waals surface area contributed by atoms with Crippen molar-refractivity contribution in [3.8, 4) is 0 Å². The number of aryl methyl sites for hydroxylation is 1. The third-order valence-corrected chi connectivity index (χ3v) is 7.35. The number of thiophene rings is 1. The minimum atomic E-state index is -0.393. The minimum absolute atomic E-state index is 0.0253. The Bertz CT molecular complexity index is 1180. The number of carbonyl (C=O) groups is 3. The molecule has 5 rings (SSSR count). The summed E-state index contributed by atoms with van der Waals surface area (Å²) in [5, 5.41) is 7.96. The molecule has 3 aromatic rings. The van der Waals surface area contributed by atoms with Gasteiger partial charge < -0.3 is 15.5 Å². The van der Waals surface area contributed by atoms with Gasteiger partial charge in [0.2, 0.25) is 11.8 Å². The number of anilines is 2. The summed E-state index contributed by atoms with van der Waals surface area (Å²) in [7, 11) is 0. The fraction of sp³-hybridized carbons (Fsp3) is 0.296. The third kappa shape index (κ3) is 4.75. The molecule has 1 saturated heterocycles. The highest BCUT2D eigenvalue weighted by Gasteiger charge is 2.42. The average molecular weight is 474 g/mol. The van der Waals surface area contributed by atoms with Gasteiger partial charge in [-0.1, -0.05) is 23.8 Å². The van der Waals surface area contributed by atoms with Crippen molar-refractivity contribution >= 4 is 40.4 Å². The quantitative estimate of drug-likeness (QED) is 0.525. The summed E-state index contributed by atoms with van der Waals surface area (Å²) in [4.78, 5) is 41.5. The highest BCUT2D eigenvalue weighted by atomic mass is 32.1. The van der Waals surface area contributed by atoms with E-state index in [1.54, 1.807) is 40.5 Å². The van der Waals surface area contributed by atoms with Crippen molar-refractivity contribution in [1.82, 2.24) is 5.32 Å². The predicted molar refractivity (Wildman–Crippen MR) is 134 cm³/mol. The minimum Gasteiger partial charge on any atom is -0.349 e. The molecule has 1 aromatic heterocycles. The highest BCUT2D eigenvalue weighted by molar-refractivity contribution is 7.10. The van der Waals surface area contributed by atoms with E-state index in [9.17, 15) is 14.4 Å². The first-order valence-electron chi connectivity index (χ1n) is 11.6. The number of amides is 3. The lowest BCUT2D eigenvalue weighted by atomic mass is 9.86. The maximum atomic E-state index is 13.5. The Hall–Kier alpha value is -3.45. The lowest BCUT2D eigenvalue weighted by Gasteiger charge is -2.40. The molecule has 2 atom stereocenters. The summed E-state index contributed by atoms with van der Waals surface area (Å²) >= 11 is 1.56. The molecule has 2 aromatic carbocycles. The van der Waals surface area contributed by atoms with Crippen molar-refractivity contribution in [3.05, 3.63) is 82.0 Å². The summed E-state index contributed by atoms with van der Waals surface area (Å²) in [6.07, 6.45) is 2.87. The summed E-state index contributed by atoms with van der Waals surface area (Å²) in [6, 6.07) is 18.7. The molecule has 1 saturated carbocycles. The van der Waals surface area contributed by atoms with E-state index in [4.69, 9.17) is 0 Å². The van der Waals surface area contributed by atoms with Gasteiger partial charge in [-0.15, -0.1) is 11.3 Å². The molecule has 2 aliphatic rings. The zero-order chi connectivity index (χ0) is 23.7. The maximum absolute atomic E-state index is 13.5. The van der Waals surface area contributed by atoms with E-state index >= 15 is 0 Å². The number of nitrogens with zero attached hydrogens (tertiary/aromatic N) is 1. The average Bonchev–Trinajstić information content (AvgIpc) is 3.48. The largest absolute Gasteiger partial charge is 0.349 e. The van der Waals surface area contributed by atoms with E-state index in [0.717, 1.165) is 29.0 Å². The van der Waals surface area contributed by atoms with Crippen LogP contribution in [0.4, 0.5) is 11.4 Å². The van der Waals surface area contributed by atoms with Crippen LogP contribution in [0.5, 0.6) is 0 Å². The van der Waals surface area contributed by atoms with Crippen LogP contribution in [-0.4, -0.2) is 23.8 Å². The molecule has 3 amide bonds. The zero-order valence-electron chi connectivity index (χ0n) is 19.0. The molecule has 2 fully saturated rings. The van der Waals surface area contributed by atoms with Gasteiger partial charge >= 0.3 is 0 Å². The lowest BCUT2D eigenvalue weighted by molar-refractivity contribution is -0.125. The Morgan fingerprint density at radius 2 is 1.71 bits per heavy atom. The van der Waals surface area contributed by atoms with Crippen LogP contribution in [0, 0.1) is 12.8 Å². The van der Waals surface area contributed by atoms with Gasteiger partial charge in [0.05, 0.1) is 12.0 Å². The fourth-order valence-corrected chi connectivity index (χ4v) is 5.28. The Morgan fingerprint density at radius 3 is 2.35 bits per heavy atom. The Labute approximate surface area is 203 Å². The molecule has 1 aliphatic heterocycles. The van der Waals surface area contributed by atoms with Crippen LogP contribution in [0.1, 0.15) is 52.5 Å². The smallest absolute Gasteiger partial charge is 0.251 e. The van der Waals surface area contributed by atoms with Gasteiger partial charge in [0, 0.05) is 34.3 Å². The molecule has 174 valence electrons. The number of benzene rings is 2. The van der Waals surface area contributed by atoms with E-state index in [1.807, 2.05) is 48.7 Å². The molecule has 0 bridgehead atoms. The molecule has 1 aliphatic carbocycles. The Balaban J connectivity index is 1.37. The first-order chi connectivity index (χ1) is 16.5. The van der Waals surface area contributed by atoms with Gasteiger partial charge in [0.25, 0.3) is 5.91 Å². The van der Waals surface area contributed by atoms with Crippen molar-refractivity contribution in [2.75, 3.05) is 10.2 Å². The molecule has 0 unspecified atom stereocenters. The maximum Gasteiger partial charge on any atom is 0.251 e. The fourth-order valence-electron chi connectivity index (χ4n) is 4.40. The standard InChI is InChI=1S/C27H27N3O3S/c1-17-4-12-21(13-5-17)30-24(31)15-14-22(25(30)23-3-2-16-34-23)27(33)29-19-8-6-18(7-9-19)26(32)28-20-10-11-20/h2-9,12-13,16,20,22,25H,10-11,14-15H2,1H3,(H,28,32)(H,29,33)/t22-,25-/m0/s1. The van der Waals surface area contributed by atoms with Crippen LogP contribution < -0.4 is 15.5 Å². The molecular formula is C27H27N3O3S. The molecule has 2 N–H and O–H groups in total. The number of piperidine rings is 1. The molecule has 7 heteroatoms. The number of rotatable bonds is 6. The van der Waals surface area contributed by atoms with Crippen molar-refractivity contribution < 1.29 is 14.4 Å². The van der Waals surface area contributed by atoms with E-state index in [0.29, 0.717) is 30.1 Å². The van der Waals surface area contributed by atoms with Crippen LogP contribution in [0.2, 0.25) is 0 Å². The van der Waals surface area contributed by atoms with Crippen molar-refractivity contribution in [1.29, 1.82) is 0 Å². The molecule has 34 heavy (non-hydrogen) atoms. The van der Waals surface area contributed by atoms with E-state index < -0.39 is 5.92 Å². The second-order valence-electron chi connectivity index (χ2n) is 9.02. The SMILES string of the molecule is Cc1ccc(N2C(=O)CC[C@H](C(=O)Nc3ccc(C(=O)NC4CC4)cc3)[C@H]2c2cccs2)cc1. The van der Waals surface area contributed by atoms with Crippen molar-refractivity contribution in [3.63, 3.8) is 0 Å². The first kappa shape index (κ1) is 22.3. The molecule has 0 radical (unpaired) electrons. The van der Waals surface area contributed by atoms with E-state index in [1.165, 1.54) is 0 Å². The number of hydrogen-bond acceptors (Lipinski definition) is 4. The lowest BCUT2D eigenvalue weighted by Crippen LogP contribution is -2.46. The number of carbonyl (C=O) groups excluding carboxylic acids is 3. The van der Waals surface area contributed by atoms with Crippen LogP contribution in [0.3, 0.4) is 0 Å². The van der Waals surface area contributed by atoms with Crippen LogP contribution in [0.15, 0.2) is 66.0 Å².